The van der Waals surface area contributed by atoms with Crippen molar-refractivity contribution in [2.75, 3.05) is 26.2 Å². The van der Waals surface area contributed by atoms with Gasteiger partial charge in [-0.05, 0) is 30.2 Å². The summed E-state index contributed by atoms with van der Waals surface area (Å²) in [5.41, 5.74) is 2.07. The van der Waals surface area contributed by atoms with E-state index in [0.717, 1.165) is 31.2 Å². The molecule has 0 bridgehead atoms. The fourth-order valence-corrected chi connectivity index (χ4v) is 4.17. The Morgan fingerprint density at radius 2 is 1.63 bits per heavy atom. The van der Waals surface area contributed by atoms with Crippen molar-refractivity contribution >= 4 is 11.6 Å². The van der Waals surface area contributed by atoms with Crippen LogP contribution in [0.3, 0.4) is 0 Å². The molecule has 0 amide bonds. The minimum absolute atomic E-state index is 0.149. The Labute approximate surface area is 181 Å². The lowest BCUT2D eigenvalue weighted by atomic mass is 9.96. The molecule has 6 heteroatoms. The highest BCUT2D eigenvalue weighted by atomic mass is 35.5. The van der Waals surface area contributed by atoms with E-state index in [0.29, 0.717) is 18.1 Å². The van der Waals surface area contributed by atoms with E-state index in [1.54, 1.807) is 6.92 Å². The zero-order valence-corrected chi connectivity index (χ0v) is 17.7. The van der Waals surface area contributed by atoms with Crippen LogP contribution in [0.15, 0.2) is 69.9 Å². The normalized spacial score (nSPS) is 16.5. The van der Waals surface area contributed by atoms with Crippen LogP contribution >= 0.6 is 11.6 Å². The van der Waals surface area contributed by atoms with E-state index < -0.39 is 0 Å². The third kappa shape index (κ3) is 4.59. The van der Waals surface area contributed by atoms with Gasteiger partial charge in [-0.25, -0.2) is 0 Å². The van der Waals surface area contributed by atoms with Gasteiger partial charge >= 0.3 is 0 Å². The van der Waals surface area contributed by atoms with Crippen molar-refractivity contribution in [3.8, 4) is 5.75 Å². The van der Waals surface area contributed by atoms with E-state index in [1.807, 2.05) is 18.2 Å². The lowest BCUT2D eigenvalue weighted by molar-refractivity contribution is 0.0978. The van der Waals surface area contributed by atoms with Crippen LogP contribution in [0.5, 0.6) is 5.75 Å². The number of nitrogens with zero attached hydrogens (tertiary/aromatic N) is 2. The molecule has 1 fully saturated rings. The average molecular weight is 425 g/mol. The number of halogens is 1. The molecule has 156 valence electrons. The van der Waals surface area contributed by atoms with Gasteiger partial charge in [-0.2, -0.15) is 0 Å². The molecule has 1 N–H and O–H groups in total. The molecule has 0 spiro atoms. The highest BCUT2D eigenvalue weighted by molar-refractivity contribution is 6.30. The Kier molecular flexibility index (Phi) is 6.23. The summed E-state index contributed by atoms with van der Waals surface area (Å²) in [5, 5.41) is 10.8. The van der Waals surface area contributed by atoms with Crippen molar-refractivity contribution in [3.63, 3.8) is 0 Å². The minimum Gasteiger partial charge on any atom is -0.502 e. The summed E-state index contributed by atoms with van der Waals surface area (Å²) in [4.78, 5) is 16.5. The maximum absolute atomic E-state index is 11.8. The first-order valence-corrected chi connectivity index (χ1v) is 10.5. The molecule has 2 heterocycles. The molecule has 2 aromatic carbocycles. The second-order valence-electron chi connectivity index (χ2n) is 7.67. The zero-order valence-electron chi connectivity index (χ0n) is 16.9. The van der Waals surface area contributed by atoms with Crippen LogP contribution < -0.4 is 5.43 Å². The molecule has 1 saturated heterocycles. The van der Waals surface area contributed by atoms with Gasteiger partial charge in [0.25, 0.3) is 0 Å². The summed E-state index contributed by atoms with van der Waals surface area (Å²) in [6, 6.07) is 20.0. The lowest BCUT2D eigenvalue weighted by Crippen LogP contribution is -2.47. The quantitative estimate of drug-likeness (QED) is 0.664. The molecule has 1 atom stereocenters. The van der Waals surface area contributed by atoms with Crippen LogP contribution in [0.25, 0.3) is 0 Å². The van der Waals surface area contributed by atoms with Gasteiger partial charge in [-0.1, -0.05) is 54.1 Å². The van der Waals surface area contributed by atoms with Gasteiger partial charge in [0.15, 0.2) is 5.76 Å². The number of piperazine rings is 1. The second kappa shape index (κ2) is 9.04. The van der Waals surface area contributed by atoms with E-state index in [1.165, 1.54) is 17.2 Å². The molecular formula is C24H25ClN2O3. The molecule has 1 unspecified atom stereocenters. The van der Waals surface area contributed by atoms with E-state index in [2.05, 4.69) is 46.2 Å². The first kappa shape index (κ1) is 20.7. The van der Waals surface area contributed by atoms with Gasteiger partial charge in [0.2, 0.25) is 11.2 Å². The number of rotatable bonds is 5. The first-order chi connectivity index (χ1) is 14.5. The van der Waals surface area contributed by atoms with Crippen LogP contribution in [0.1, 0.15) is 28.7 Å². The standard InChI is InChI=1S/C24H25ClN2O3/c1-17-15-21(28)24(29)22(30-17)16-26-11-13-27(14-12-26)23(18-5-3-2-4-6-18)19-7-9-20(25)10-8-19/h2-10,15,23,29H,11-14,16H2,1H3. The topological polar surface area (TPSA) is 56.9 Å². The molecule has 0 aliphatic carbocycles. The molecule has 3 aromatic rings. The van der Waals surface area contributed by atoms with Crippen LogP contribution in [0, 0.1) is 6.92 Å². The van der Waals surface area contributed by atoms with E-state index in [-0.39, 0.29) is 17.2 Å². The highest BCUT2D eigenvalue weighted by Gasteiger charge is 2.27. The number of hydrogen-bond donors (Lipinski definition) is 1. The highest BCUT2D eigenvalue weighted by Crippen LogP contribution is 2.30. The summed E-state index contributed by atoms with van der Waals surface area (Å²) in [6.07, 6.45) is 0. The van der Waals surface area contributed by atoms with Crippen LogP contribution in [-0.2, 0) is 6.54 Å². The molecule has 0 radical (unpaired) electrons. The summed E-state index contributed by atoms with van der Waals surface area (Å²) in [7, 11) is 0. The number of benzene rings is 2. The van der Waals surface area contributed by atoms with Gasteiger partial charge in [0.1, 0.15) is 5.76 Å². The molecule has 1 aliphatic heterocycles. The van der Waals surface area contributed by atoms with E-state index >= 15 is 0 Å². The SMILES string of the molecule is Cc1cc(=O)c(O)c(CN2CCN(C(c3ccccc3)c3ccc(Cl)cc3)CC2)o1. The Balaban J connectivity index is 1.51. The minimum atomic E-state index is -0.390. The maximum Gasteiger partial charge on any atom is 0.227 e. The van der Waals surface area contributed by atoms with Crippen LogP contribution in [0.4, 0.5) is 0 Å². The van der Waals surface area contributed by atoms with Crippen molar-refractivity contribution in [3.05, 3.63) is 98.6 Å². The summed E-state index contributed by atoms with van der Waals surface area (Å²) in [5.74, 6) is 0.565. The summed E-state index contributed by atoms with van der Waals surface area (Å²) in [6.45, 7) is 5.49. The van der Waals surface area contributed by atoms with E-state index in [4.69, 9.17) is 16.0 Å². The summed E-state index contributed by atoms with van der Waals surface area (Å²) < 4.78 is 5.60. The molecule has 0 saturated carbocycles. The first-order valence-electron chi connectivity index (χ1n) is 10.1. The van der Waals surface area contributed by atoms with Crippen molar-refractivity contribution in [2.45, 2.75) is 19.5 Å². The van der Waals surface area contributed by atoms with Crippen LogP contribution in [0.2, 0.25) is 5.02 Å². The van der Waals surface area contributed by atoms with Crippen molar-refractivity contribution in [2.24, 2.45) is 0 Å². The number of aryl methyl sites for hydroxylation is 1. The predicted octanol–water partition coefficient (Wildman–Crippen LogP) is 4.21. The Bertz CT molecular complexity index is 1040. The third-order valence-electron chi connectivity index (χ3n) is 5.56. The van der Waals surface area contributed by atoms with Gasteiger partial charge in [0, 0.05) is 37.3 Å². The molecule has 4 rings (SSSR count). The van der Waals surface area contributed by atoms with Gasteiger partial charge < -0.3 is 9.52 Å². The fourth-order valence-electron chi connectivity index (χ4n) is 4.05. The molecule has 5 nitrogen and oxygen atoms in total. The lowest BCUT2D eigenvalue weighted by Gasteiger charge is -2.39. The maximum atomic E-state index is 11.8. The number of hydrogen-bond acceptors (Lipinski definition) is 5. The van der Waals surface area contributed by atoms with E-state index in [9.17, 15) is 9.90 Å². The second-order valence-corrected chi connectivity index (χ2v) is 8.11. The monoisotopic (exact) mass is 424 g/mol. The van der Waals surface area contributed by atoms with Gasteiger partial charge in [-0.15, -0.1) is 0 Å². The predicted molar refractivity (Wildman–Crippen MR) is 118 cm³/mol. The molecular weight excluding hydrogens is 400 g/mol. The Morgan fingerprint density at radius 1 is 1.00 bits per heavy atom. The fraction of sp³-hybridized carbons (Fsp3) is 0.292. The Hall–Kier alpha value is -2.60. The summed E-state index contributed by atoms with van der Waals surface area (Å²) >= 11 is 6.11. The Morgan fingerprint density at radius 3 is 2.30 bits per heavy atom. The van der Waals surface area contributed by atoms with Gasteiger partial charge in [-0.3, -0.25) is 14.6 Å². The largest absolute Gasteiger partial charge is 0.502 e. The zero-order chi connectivity index (χ0) is 21.1. The molecule has 30 heavy (non-hydrogen) atoms. The third-order valence-corrected chi connectivity index (χ3v) is 5.81. The molecule has 1 aromatic heterocycles. The van der Waals surface area contributed by atoms with Gasteiger partial charge in [0.05, 0.1) is 12.6 Å². The van der Waals surface area contributed by atoms with Crippen molar-refractivity contribution in [1.29, 1.82) is 0 Å². The van der Waals surface area contributed by atoms with Crippen molar-refractivity contribution in [1.82, 2.24) is 9.80 Å². The van der Waals surface area contributed by atoms with Crippen LogP contribution in [-0.4, -0.2) is 41.1 Å². The molecule has 1 aliphatic rings. The smallest absolute Gasteiger partial charge is 0.227 e. The number of aromatic hydroxyl groups is 1. The van der Waals surface area contributed by atoms with Crippen molar-refractivity contribution < 1.29 is 9.52 Å². The average Bonchev–Trinajstić information content (AvgIpc) is 2.75.